The second kappa shape index (κ2) is 12.1. The summed E-state index contributed by atoms with van der Waals surface area (Å²) in [5, 5.41) is 7.65. The normalized spacial score (nSPS) is 21.9. The highest BCUT2D eigenvalue weighted by Gasteiger charge is 2.44. The number of halogens is 3. The lowest BCUT2D eigenvalue weighted by atomic mass is 9.72. The van der Waals surface area contributed by atoms with Crippen molar-refractivity contribution in [2.24, 2.45) is 5.92 Å². The molecule has 8 heteroatoms. The molecule has 3 heterocycles. The topological polar surface area (TPSA) is 53.1 Å². The number of piperidine rings is 1. The summed E-state index contributed by atoms with van der Waals surface area (Å²) in [4.78, 5) is 12.1. The van der Waals surface area contributed by atoms with E-state index in [4.69, 9.17) is 4.98 Å². The number of hydrogen-bond donors (Lipinski definition) is 2. The van der Waals surface area contributed by atoms with Crippen LogP contribution in [0.4, 0.5) is 11.5 Å². The van der Waals surface area contributed by atoms with E-state index in [2.05, 4.69) is 52.6 Å². The van der Waals surface area contributed by atoms with Gasteiger partial charge in [-0.2, -0.15) is 0 Å². The number of benzene rings is 1. The number of nitrogens with zero attached hydrogens (tertiary/aromatic N) is 3. The molecular weight excluding hydrogens is 513 g/mol. The number of anilines is 2. The Hall–Kier alpha value is -1.27. The van der Waals surface area contributed by atoms with Crippen LogP contribution in [-0.2, 0) is 18.4 Å². The molecule has 1 aromatic carbocycles. The lowest BCUT2D eigenvalue weighted by Crippen LogP contribution is -2.45. The Morgan fingerprint density at radius 1 is 1.06 bits per heavy atom. The minimum atomic E-state index is 0. The molecule has 2 aromatic rings. The first-order valence-electron chi connectivity index (χ1n) is 13.3. The van der Waals surface area contributed by atoms with Gasteiger partial charge in [0.2, 0.25) is 0 Å². The average Bonchev–Trinajstić information content (AvgIpc) is 3.58. The van der Waals surface area contributed by atoms with Crippen molar-refractivity contribution < 1.29 is 0 Å². The van der Waals surface area contributed by atoms with Crippen molar-refractivity contribution >= 4 is 48.7 Å². The van der Waals surface area contributed by atoms with E-state index >= 15 is 0 Å². The van der Waals surface area contributed by atoms with Crippen LogP contribution in [0.5, 0.6) is 0 Å². The standard InChI is InChI=1S/C28H39N5.3ClH/c1-19(2)22-10-11-23-25(22)27(32-18-31-23)33-14-12-28(13-15-33)17-30-24-9-5-6-20(26(24)28)16-29-21-7-3-4-8-21;;;/h5-6,9,18-19,21-22,29-30H,3-4,7-8,10-17H2,1-2H3;3*1H. The fraction of sp³-hybridized carbons (Fsp3) is 0.643. The summed E-state index contributed by atoms with van der Waals surface area (Å²) in [6.45, 7) is 8.96. The molecule has 36 heavy (non-hydrogen) atoms. The zero-order valence-electron chi connectivity index (χ0n) is 21.6. The fourth-order valence-electron chi connectivity index (χ4n) is 7.19. The third-order valence-electron chi connectivity index (χ3n) is 9.07. The minimum absolute atomic E-state index is 0. The smallest absolute Gasteiger partial charge is 0.135 e. The second-order valence-corrected chi connectivity index (χ2v) is 11.3. The third-order valence-corrected chi connectivity index (χ3v) is 9.07. The molecule has 1 saturated carbocycles. The lowest BCUT2D eigenvalue weighted by Gasteiger charge is -2.41. The maximum atomic E-state index is 4.85. The van der Waals surface area contributed by atoms with E-state index in [0.29, 0.717) is 17.9 Å². The third kappa shape index (κ3) is 5.18. The summed E-state index contributed by atoms with van der Waals surface area (Å²) in [6, 6.07) is 7.61. The van der Waals surface area contributed by atoms with E-state index in [0.717, 1.165) is 32.6 Å². The van der Waals surface area contributed by atoms with Gasteiger partial charge in [-0.25, -0.2) is 9.97 Å². The molecule has 6 rings (SSSR count). The first-order chi connectivity index (χ1) is 16.1. The van der Waals surface area contributed by atoms with Gasteiger partial charge < -0.3 is 15.5 Å². The highest BCUT2D eigenvalue weighted by atomic mass is 35.5. The average molecular weight is 555 g/mol. The zero-order valence-corrected chi connectivity index (χ0v) is 24.0. The quantitative estimate of drug-likeness (QED) is 0.446. The van der Waals surface area contributed by atoms with E-state index in [1.165, 1.54) is 73.3 Å². The number of hydrogen-bond acceptors (Lipinski definition) is 5. The van der Waals surface area contributed by atoms with E-state index in [9.17, 15) is 0 Å². The molecule has 1 aromatic heterocycles. The Bertz CT molecular complexity index is 1020. The molecule has 1 saturated heterocycles. The predicted molar refractivity (Wildman–Crippen MR) is 157 cm³/mol. The van der Waals surface area contributed by atoms with Crippen molar-refractivity contribution in [3.63, 3.8) is 0 Å². The molecule has 5 nitrogen and oxygen atoms in total. The van der Waals surface area contributed by atoms with Crippen LogP contribution >= 0.6 is 37.2 Å². The summed E-state index contributed by atoms with van der Waals surface area (Å²) in [5.41, 5.74) is 7.50. The first kappa shape index (κ1) is 29.3. The van der Waals surface area contributed by atoms with Crippen LogP contribution < -0.4 is 15.5 Å². The van der Waals surface area contributed by atoms with Crippen molar-refractivity contribution in [2.45, 2.75) is 89.1 Å². The first-order valence-corrected chi connectivity index (χ1v) is 13.3. The Morgan fingerprint density at radius 2 is 1.81 bits per heavy atom. The molecule has 2 N–H and O–H groups in total. The van der Waals surface area contributed by atoms with Crippen molar-refractivity contribution in [1.82, 2.24) is 15.3 Å². The van der Waals surface area contributed by atoms with Crippen molar-refractivity contribution in [1.29, 1.82) is 0 Å². The highest BCUT2D eigenvalue weighted by Crippen LogP contribution is 2.48. The van der Waals surface area contributed by atoms with Crippen LogP contribution in [0.15, 0.2) is 24.5 Å². The Kier molecular flexibility index (Phi) is 9.81. The van der Waals surface area contributed by atoms with Gasteiger partial charge in [-0.3, -0.25) is 0 Å². The van der Waals surface area contributed by atoms with Gasteiger partial charge in [0, 0.05) is 54.6 Å². The Morgan fingerprint density at radius 3 is 2.53 bits per heavy atom. The maximum absolute atomic E-state index is 4.85. The molecule has 2 aliphatic carbocycles. The van der Waals surface area contributed by atoms with E-state index in [1.807, 2.05) is 0 Å². The fourth-order valence-corrected chi connectivity index (χ4v) is 7.19. The van der Waals surface area contributed by atoms with Crippen LogP contribution in [0.1, 0.15) is 87.1 Å². The van der Waals surface area contributed by atoms with Gasteiger partial charge in [0.25, 0.3) is 0 Å². The maximum Gasteiger partial charge on any atom is 0.135 e. The highest BCUT2D eigenvalue weighted by molar-refractivity contribution is 5.86. The Labute approximate surface area is 235 Å². The molecule has 0 bridgehead atoms. The van der Waals surface area contributed by atoms with Gasteiger partial charge in [0.1, 0.15) is 12.1 Å². The van der Waals surface area contributed by atoms with E-state index in [-0.39, 0.29) is 42.6 Å². The summed E-state index contributed by atoms with van der Waals surface area (Å²) in [7, 11) is 0. The van der Waals surface area contributed by atoms with Crippen LogP contribution in [-0.4, -0.2) is 35.6 Å². The summed E-state index contributed by atoms with van der Waals surface area (Å²) < 4.78 is 0. The van der Waals surface area contributed by atoms with Gasteiger partial charge in [-0.1, -0.05) is 38.8 Å². The molecule has 0 radical (unpaired) electrons. The van der Waals surface area contributed by atoms with Crippen LogP contribution in [0.25, 0.3) is 0 Å². The van der Waals surface area contributed by atoms with Crippen LogP contribution in [0.2, 0.25) is 0 Å². The largest absolute Gasteiger partial charge is 0.384 e. The van der Waals surface area contributed by atoms with Crippen molar-refractivity contribution in [3.8, 4) is 0 Å². The van der Waals surface area contributed by atoms with E-state index in [1.54, 1.807) is 11.9 Å². The number of fused-ring (bicyclic) bond motifs is 3. The molecule has 0 amide bonds. The number of aryl methyl sites for hydroxylation is 1. The Balaban J connectivity index is 0.00000120. The van der Waals surface area contributed by atoms with Gasteiger partial charge in [-0.15, -0.1) is 37.2 Å². The van der Waals surface area contributed by atoms with Gasteiger partial charge in [0.05, 0.1) is 0 Å². The van der Waals surface area contributed by atoms with Crippen LogP contribution in [0, 0.1) is 5.92 Å². The molecule has 4 aliphatic rings. The van der Waals surface area contributed by atoms with Crippen molar-refractivity contribution in [3.05, 3.63) is 46.9 Å². The molecule has 1 atom stereocenters. The SMILES string of the molecule is CC(C)C1CCc2ncnc(N3CCC4(CC3)CNc3cccc(CNC5CCCC5)c34)c21.Cl.Cl.Cl. The molecule has 200 valence electrons. The number of nitrogens with one attached hydrogen (secondary N) is 2. The van der Waals surface area contributed by atoms with E-state index < -0.39 is 0 Å². The minimum Gasteiger partial charge on any atom is -0.384 e. The molecular formula is C28H42Cl3N5. The molecule has 1 spiro atoms. The van der Waals surface area contributed by atoms with Crippen molar-refractivity contribution in [2.75, 3.05) is 29.9 Å². The summed E-state index contributed by atoms with van der Waals surface area (Å²) in [6.07, 6.45) is 12.0. The molecule has 2 fully saturated rings. The van der Waals surface area contributed by atoms with Gasteiger partial charge in [-0.05, 0) is 67.6 Å². The van der Waals surface area contributed by atoms with Gasteiger partial charge >= 0.3 is 0 Å². The molecule has 1 unspecified atom stereocenters. The number of rotatable bonds is 5. The predicted octanol–water partition coefficient (Wildman–Crippen LogP) is 6.42. The molecule has 2 aliphatic heterocycles. The van der Waals surface area contributed by atoms with Crippen LogP contribution in [0.3, 0.4) is 0 Å². The monoisotopic (exact) mass is 553 g/mol. The number of aromatic nitrogens is 2. The zero-order chi connectivity index (χ0) is 22.4. The summed E-state index contributed by atoms with van der Waals surface area (Å²) in [5.74, 6) is 2.48. The summed E-state index contributed by atoms with van der Waals surface area (Å²) >= 11 is 0. The van der Waals surface area contributed by atoms with Gasteiger partial charge in [0.15, 0.2) is 0 Å². The second-order valence-electron chi connectivity index (χ2n) is 11.3. The lowest BCUT2D eigenvalue weighted by molar-refractivity contribution is 0.356.